The van der Waals surface area contributed by atoms with Gasteiger partial charge in [0.15, 0.2) is 0 Å². The fourth-order valence-corrected chi connectivity index (χ4v) is 4.07. The highest BCUT2D eigenvalue weighted by Crippen LogP contribution is 2.29. The number of fused-ring (bicyclic) bond motifs is 1. The van der Waals surface area contributed by atoms with E-state index < -0.39 is 6.04 Å². The van der Waals surface area contributed by atoms with Crippen molar-refractivity contribution in [1.82, 2.24) is 15.1 Å². The summed E-state index contributed by atoms with van der Waals surface area (Å²) in [5.74, 6) is -0.0607. The molecule has 134 valence electrons. The fraction of sp³-hybridized carbons (Fsp3) is 0.579. The zero-order valence-corrected chi connectivity index (χ0v) is 14.6. The molecule has 1 N–H and O–H groups in total. The van der Waals surface area contributed by atoms with Gasteiger partial charge in [-0.3, -0.25) is 14.5 Å². The van der Waals surface area contributed by atoms with Crippen LogP contribution in [-0.4, -0.2) is 61.0 Å². The van der Waals surface area contributed by atoms with Gasteiger partial charge >= 0.3 is 0 Å². The number of likely N-dealkylation sites (N-methyl/N-ethyl adjacent to an activating group) is 1. The predicted molar refractivity (Wildman–Crippen MR) is 92.7 cm³/mol. The van der Waals surface area contributed by atoms with Crippen LogP contribution in [0.3, 0.4) is 0 Å². The lowest BCUT2D eigenvalue weighted by Gasteiger charge is -2.45. The average Bonchev–Trinajstić information content (AvgIpc) is 2.58. The molecule has 0 radical (unpaired) electrons. The summed E-state index contributed by atoms with van der Waals surface area (Å²) < 4.78 is 5.40. The van der Waals surface area contributed by atoms with Crippen molar-refractivity contribution in [3.63, 3.8) is 0 Å². The normalized spacial score (nSPS) is 25.4. The molecule has 1 aromatic carbocycles. The van der Waals surface area contributed by atoms with Crippen LogP contribution < -0.4 is 5.32 Å². The molecule has 6 heteroatoms. The van der Waals surface area contributed by atoms with Gasteiger partial charge in [0, 0.05) is 45.9 Å². The number of benzene rings is 1. The van der Waals surface area contributed by atoms with Crippen LogP contribution >= 0.6 is 0 Å². The van der Waals surface area contributed by atoms with E-state index in [0.29, 0.717) is 12.6 Å². The smallest absolute Gasteiger partial charge is 0.249 e. The number of ether oxygens (including phenoxy) is 1. The molecule has 1 atom stereocenters. The summed E-state index contributed by atoms with van der Waals surface area (Å²) in [7, 11) is 1.79. The molecule has 3 aliphatic rings. The molecule has 3 heterocycles. The van der Waals surface area contributed by atoms with Crippen LogP contribution in [0.25, 0.3) is 0 Å². The minimum absolute atomic E-state index is 0.00763. The van der Waals surface area contributed by atoms with Gasteiger partial charge in [-0.05, 0) is 24.0 Å². The molecule has 0 saturated carbocycles. The second-order valence-electron chi connectivity index (χ2n) is 7.33. The minimum atomic E-state index is -0.556. The Morgan fingerprint density at radius 2 is 1.92 bits per heavy atom. The van der Waals surface area contributed by atoms with Gasteiger partial charge in [0.1, 0.15) is 6.04 Å². The van der Waals surface area contributed by atoms with Crippen molar-refractivity contribution in [3.05, 3.63) is 35.4 Å². The molecule has 0 spiro atoms. The maximum absolute atomic E-state index is 12.7. The monoisotopic (exact) mass is 343 g/mol. The van der Waals surface area contributed by atoms with Crippen molar-refractivity contribution >= 4 is 11.8 Å². The van der Waals surface area contributed by atoms with E-state index in [-0.39, 0.29) is 17.7 Å². The van der Waals surface area contributed by atoms with Crippen molar-refractivity contribution in [3.8, 4) is 0 Å². The number of amides is 2. The second kappa shape index (κ2) is 6.77. The lowest BCUT2D eigenvalue weighted by Crippen LogP contribution is -2.59. The number of nitrogens with one attached hydrogen (secondary N) is 1. The molecule has 4 rings (SSSR count). The highest BCUT2D eigenvalue weighted by atomic mass is 16.5. The summed E-state index contributed by atoms with van der Waals surface area (Å²) in [6, 6.07) is 7.85. The van der Waals surface area contributed by atoms with Gasteiger partial charge in [-0.25, -0.2) is 0 Å². The van der Waals surface area contributed by atoms with Crippen molar-refractivity contribution < 1.29 is 14.3 Å². The molecular weight excluding hydrogens is 318 g/mol. The van der Waals surface area contributed by atoms with Crippen molar-refractivity contribution in [2.45, 2.75) is 31.5 Å². The molecule has 0 aromatic heterocycles. The number of nitrogens with zero attached hydrogens (tertiary/aromatic N) is 2. The Labute approximate surface area is 148 Å². The summed E-state index contributed by atoms with van der Waals surface area (Å²) in [5, 5.41) is 3.00. The van der Waals surface area contributed by atoms with Crippen LogP contribution in [0.5, 0.6) is 0 Å². The molecule has 1 aromatic rings. The molecule has 1 unspecified atom stereocenters. The quantitative estimate of drug-likeness (QED) is 0.887. The van der Waals surface area contributed by atoms with Gasteiger partial charge in [-0.15, -0.1) is 0 Å². The van der Waals surface area contributed by atoms with E-state index in [9.17, 15) is 9.59 Å². The Bertz CT molecular complexity index is 666. The van der Waals surface area contributed by atoms with Crippen LogP contribution in [0.2, 0.25) is 0 Å². The van der Waals surface area contributed by atoms with Gasteiger partial charge in [0.05, 0.1) is 5.92 Å². The topological polar surface area (TPSA) is 61.9 Å². The largest absolute Gasteiger partial charge is 0.381 e. The maximum atomic E-state index is 12.7. The first-order valence-electron chi connectivity index (χ1n) is 9.08. The molecule has 3 aliphatic heterocycles. The first-order valence-corrected chi connectivity index (χ1v) is 9.08. The van der Waals surface area contributed by atoms with Crippen LogP contribution in [0, 0.1) is 5.92 Å². The Morgan fingerprint density at radius 1 is 1.20 bits per heavy atom. The zero-order valence-electron chi connectivity index (χ0n) is 14.6. The van der Waals surface area contributed by atoms with E-state index in [1.54, 1.807) is 11.9 Å². The molecule has 2 saturated heterocycles. The number of rotatable bonds is 3. The van der Waals surface area contributed by atoms with Gasteiger partial charge in [0.2, 0.25) is 11.8 Å². The number of carbonyl (C=O) groups is 2. The van der Waals surface area contributed by atoms with Crippen molar-refractivity contribution in [2.24, 2.45) is 5.92 Å². The van der Waals surface area contributed by atoms with E-state index in [1.807, 2.05) is 24.3 Å². The third-order valence-electron chi connectivity index (χ3n) is 5.67. The molecule has 0 bridgehead atoms. The number of hydrogen-bond acceptors (Lipinski definition) is 4. The summed E-state index contributed by atoms with van der Waals surface area (Å²) in [6.45, 7) is 3.81. The predicted octanol–water partition coefficient (Wildman–Crippen LogP) is 0.927. The first-order chi connectivity index (χ1) is 12.1. The number of carbonyl (C=O) groups excluding carboxylic acids is 2. The van der Waals surface area contributed by atoms with Gasteiger partial charge in [-0.2, -0.15) is 0 Å². The molecule has 25 heavy (non-hydrogen) atoms. The third kappa shape index (κ3) is 3.16. The van der Waals surface area contributed by atoms with Crippen molar-refractivity contribution in [2.75, 3.05) is 33.4 Å². The lowest BCUT2D eigenvalue weighted by atomic mass is 9.91. The standard InChI is InChI=1S/C19H25N3O3/c1-21-10-13-4-2-3-5-16(13)17(19(21)24)20-18(23)14-11-22(12-14)15-6-8-25-9-7-15/h2-5,14-15,17H,6-12H2,1H3,(H,20,23). The van der Waals surface area contributed by atoms with Gasteiger partial charge in [0.25, 0.3) is 0 Å². The number of hydrogen-bond donors (Lipinski definition) is 1. The Hall–Kier alpha value is -1.92. The molecule has 2 fully saturated rings. The average molecular weight is 343 g/mol. The van der Waals surface area contributed by atoms with Crippen LogP contribution in [0.1, 0.15) is 30.0 Å². The lowest BCUT2D eigenvalue weighted by molar-refractivity contribution is -0.140. The SMILES string of the molecule is CN1Cc2ccccc2C(NC(=O)C2CN(C3CCOCC3)C2)C1=O. The summed E-state index contributed by atoms with van der Waals surface area (Å²) in [6.07, 6.45) is 2.10. The maximum Gasteiger partial charge on any atom is 0.249 e. The van der Waals surface area contributed by atoms with Gasteiger partial charge < -0.3 is 15.0 Å². The van der Waals surface area contributed by atoms with E-state index in [2.05, 4.69) is 10.2 Å². The number of likely N-dealkylation sites (tertiary alicyclic amines) is 1. The zero-order chi connectivity index (χ0) is 17.4. The van der Waals surface area contributed by atoms with E-state index >= 15 is 0 Å². The molecule has 0 aliphatic carbocycles. The third-order valence-corrected chi connectivity index (χ3v) is 5.67. The highest BCUT2D eigenvalue weighted by Gasteiger charge is 2.40. The summed E-state index contributed by atoms with van der Waals surface area (Å²) in [4.78, 5) is 29.3. The van der Waals surface area contributed by atoms with Crippen molar-refractivity contribution in [1.29, 1.82) is 0 Å². The first kappa shape index (κ1) is 16.5. The molecule has 2 amide bonds. The van der Waals surface area contributed by atoms with E-state index in [0.717, 1.165) is 50.3 Å². The fourth-order valence-electron chi connectivity index (χ4n) is 4.07. The van der Waals surface area contributed by atoms with Gasteiger partial charge in [-0.1, -0.05) is 24.3 Å². The Kier molecular flexibility index (Phi) is 4.48. The molecule has 6 nitrogen and oxygen atoms in total. The van der Waals surface area contributed by atoms with Crippen LogP contribution in [0.4, 0.5) is 0 Å². The van der Waals surface area contributed by atoms with E-state index in [4.69, 9.17) is 4.74 Å². The van der Waals surface area contributed by atoms with Crippen LogP contribution in [0.15, 0.2) is 24.3 Å². The Balaban J connectivity index is 1.39. The minimum Gasteiger partial charge on any atom is -0.381 e. The van der Waals surface area contributed by atoms with Crippen LogP contribution in [-0.2, 0) is 20.9 Å². The molecular formula is C19H25N3O3. The van der Waals surface area contributed by atoms with E-state index in [1.165, 1.54) is 0 Å². The summed E-state index contributed by atoms with van der Waals surface area (Å²) in [5.41, 5.74) is 2.03. The second-order valence-corrected chi connectivity index (χ2v) is 7.33. The highest BCUT2D eigenvalue weighted by molar-refractivity contribution is 5.91. The summed E-state index contributed by atoms with van der Waals surface area (Å²) >= 11 is 0. The Morgan fingerprint density at radius 3 is 2.68 bits per heavy atom.